The number of benzene rings is 1. The smallest absolute Gasteiger partial charge is 0.330 e. The first-order valence-corrected chi connectivity index (χ1v) is 7.81. The van der Waals surface area contributed by atoms with Crippen LogP contribution in [0.1, 0.15) is 5.56 Å². The molecular formula is C17H22O9. The fourth-order valence-electron chi connectivity index (χ4n) is 2.42. The van der Waals surface area contributed by atoms with Crippen LogP contribution in [0.3, 0.4) is 0 Å². The molecule has 1 aromatic carbocycles. The van der Waals surface area contributed by atoms with E-state index in [-0.39, 0.29) is 18.1 Å². The Kier molecular flexibility index (Phi) is 6.95. The molecule has 144 valence electrons. The summed E-state index contributed by atoms with van der Waals surface area (Å²) in [5, 5.41) is 38.8. The molecule has 5 atom stereocenters. The van der Waals surface area contributed by atoms with Gasteiger partial charge < -0.3 is 39.4 Å². The highest BCUT2D eigenvalue weighted by Crippen LogP contribution is 2.26. The molecule has 0 spiro atoms. The third-order valence-corrected chi connectivity index (χ3v) is 3.91. The van der Waals surface area contributed by atoms with Crippen LogP contribution < -0.4 is 4.74 Å². The average Bonchev–Trinajstić information content (AvgIpc) is 2.65. The lowest BCUT2D eigenvalue weighted by molar-refractivity contribution is -0.294. The number of aliphatic hydroxyl groups excluding tert-OH is 3. The van der Waals surface area contributed by atoms with Crippen LogP contribution in [-0.4, -0.2) is 77.9 Å². The fourth-order valence-corrected chi connectivity index (χ4v) is 2.42. The first-order chi connectivity index (χ1) is 12.4. The SMILES string of the molecule is COc1cc(/C=C/C(=O)OC[C@H]2O[C@H](OC)[C@H](O)[C@@H](O)[C@@H]2O)ccc1O. The maximum absolute atomic E-state index is 11.8. The lowest BCUT2D eigenvalue weighted by Gasteiger charge is -2.39. The number of hydrogen-bond acceptors (Lipinski definition) is 9. The molecule has 1 aliphatic heterocycles. The van der Waals surface area contributed by atoms with Crippen molar-refractivity contribution in [1.29, 1.82) is 0 Å². The average molecular weight is 370 g/mol. The number of carbonyl (C=O) groups excluding carboxylic acids is 1. The molecule has 0 bridgehead atoms. The van der Waals surface area contributed by atoms with E-state index in [0.717, 1.165) is 6.08 Å². The molecule has 0 radical (unpaired) electrons. The van der Waals surface area contributed by atoms with Crippen LogP contribution in [0.15, 0.2) is 24.3 Å². The predicted octanol–water partition coefficient (Wildman–Crippen LogP) is -0.589. The third-order valence-electron chi connectivity index (χ3n) is 3.91. The van der Waals surface area contributed by atoms with E-state index in [1.807, 2.05) is 0 Å². The van der Waals surface area contributed by atoms with Gasteiger partial charge in [0.1, 0.15) is 31.0 Å². The van der Waals surface area contributed by atoms with Crippen LogP contribution in [-0.2, 0) is 19.0 Å². The maximum Gasteiger partial charge on any atom is 0.330 e. The lowest BCUT2D eigenvalue weighted by atomic mass is 9.99. The molecule has 1 aromatic rings. The van der Waals surface area contributed by atoms with Crippen LogP contribution >= 0.6 is 0 Å². The minimum Gasteiger partial charge on any atom is -0.504 e. The summed E-state index contributed by atoms with van der Waals surface area (Å²) in [4.78, 5) is 11.8. The van der Waals surface area contributed by atoms with Gasteiger partial charge in [-0.25, -0.2) is 4.79 Å². The topological polar surface area (TPSA) is 135 Å². The van der Waals surface area contributed by atoms with E-state index >= 15 is 0 Å². The van der Waals surface area contributed by atoms with Gasteiger partial charge in [-0.05, 0) is 23.8 Å². The zero-order valence-corrected chi connectivity index (χ0v) is 14.3. The van der Waals surface area contributed by atoms with Gasteiger partial charge in [-0.3, -0.25) is 0 Å². The molecule has 0 aromatic heterocycles. The van der Waals surface area contributed by atoms with Crippen molar-refractivity contribution < 1.29 is 44.2 Å². The highest BCUT2D eigenvalue weighted by molar-refractivity contribution is 5.87. The Hall–Kier alpha value is -2.17. The normalized spacial score (nSPS) is 28.9. The van der Waals surface area contributed by atoms with Gasteiger partial charge >= 0.3 is 5.97 Å². The number of phenols is 1. The van der Waals surface area contributed by atoms with E-state index in [0.29, 0.717) is 5.56 Å². The molecule has 0 amide bonds. The van der Waals surface area contributed by atoms with E-state index in [1.54, 1.807) is 6.07 Å². The summed E-state index contributed by atoms with van der Waals surface area (Å²) in [5.74, 6) is -0.469. The van der Waals surface area contributed by atoms with Gasteiger partial charge in [0.25, 0.3) is 0 Å². The molecule has 9 nitrogen and oxygen atoms in total. The summed E-state index contributed by atoms with van der Waals surface area (Å²) in [5.41, 5.74) is 0.601. The van der Waals surface area contributed by atoms with Crippen LogP contribution in [0.5, 0.6) is 11.5 Å². The minimum atomic E-state index is -1.49. The number of aromatic hydroxyl groups is 1. The molecule has 9 heteroatoms. The van der Waals surface area contributed by atoms with Crippen molar-refractivity contribution in [3.05, 3.63) is 29.8 Å². The van der Waals surface area contributed by atoms with Crippen LogP contribution in [0, 0.1) is 0 Å². The third kappa shape index (κ3) is 4.71. The Morgan fingerprint density at radius 1 is 1.19 bits per heavy atom. The highest BCUT2D eigenvalue weighted by Gasteiger charge is 2.44. The predicted molar refractivity (Wildman–Crippen MR) is 88.3 cm³/mol. The second-order valence-electron chi connectivity index (χ2n) is 5.65. The van der Waals surface area contributed by atoms with Crippen molar-refractivity contribution in [3.8, 4) is 11.5 Å². The van der Waals surface area contributed by atoms with Crippen LogP contribution in [0.4, 0.5) is 0 Å². The summed E-state index contributed by atoms with van der Waals surface area (Å²) >= 11 is 0. The van der Waals surface area contributed by atoms with Gasteiger partial charge in [0.15, 0.2) is 17.8 Å². The van der Waals surface area contributed by atoms with E-state index in [4.69, 9.17) is 18.9 Å². The van der Waals surface area contributed by atoms with E-state index in [1.165, 1.54) is 32.4 Å². The highest BCUT2D eigenvalue weighted by atomic mass is 16.7. The summed E-state index contributed by atoms with van der Waals surface area (Å²) in [7, 11) is 2.68. The van der Waals surface area contributed by atoms with Gasteiger partial charge in [-0.2, -0.15) is 0 Å². The number of ether oxygens (including phenoxy) is 4. The van der Waals surface area contributed by atoms with Crippen molar-refractivity contribution >= 4 is 12.0 Å². The van der Waals surface area contributed by atoms with Crippen LogP contribution in [0.25, 0.3) is 6.08 Å². The molecule has 1 heterocycles. The Balaban J connectivity index is 1.92. The van der Waals surface area contributed by atoms with Gasteiger partial charge in [0, 0.05) is 13.2 Å². The Labute approximate surface area is 150 Å². The number of carbonyl (C=O) groups is 1. The fraction of sp³-hybridized carbons (Fsp3) is 0.471. The Morgan fingerprint density at radius 3 is 2.58 bits per heavy atom. The molecular weight excluding hydrogens is 348 g/mol. The Morgan fingerprint density at radius 2 is 1.92 bits per heavy atom. The molecule has 4 N–H and O–H groups in total. The van der Waals surface area contributed by atoms with Gasteiger partial charge in [0.05, 0.1) is 7.11 Å². The van der Waals surface area contributed by atoms with Gasteiger partial charge in [-0.15, -0.1) is 0 Å². The summed E-state index contributed by atoms with van der Waals surface area (Å²) in [6.45, 7) is -0.340. The van der Waals surface area contributed by atoms with E-state index in [2.05, 4.69) is 0 Å². The minimum absolute atomic E-state index is 0.0240. The number of hydrogen-bond donors (Lipinski definition) is 4. The first kappa shape index (κ1) is 20.1. The zero-order valence-electron chi connectivity index (χ0n) is 14.3. The molecule has 0 unspecified atom stereocenters. The molecule has 26 heavy (non-hydrogen) atoms. The van der Waals surface area contributed by atoms with Crippen molar-refractivity contribution in [2.75, 3.05) is 20.8 Å². The second kappa shape index (κ2) is 8.97. The lowest BCUT2D eigenvalue weighted by Crippen LogP contribution is -2.59. The second-order valence-corrected chi connectivity index (χ2v) is 5.65. The standard InChI is InChI=1S/C17H22O9/c1-23-11-7-9(3-5-10(11)18)4-6-13(19)25-8-12-14(20)15(21)16(22)17(24-2)26-12/h3-7,12,14-18,20-22H,8H2,1-2H3/b6-4+/t12-,14-,15+,16-,17+/m1/s1. The summed E-state index contributed by atoms with van der Waals surface area (Å²) in [6.07, 6.45) is -3.92. The molecule has 1 saturated heterocycles. The summed E-state index contributed by atoms with van der Waals surface area (Å²) in [6, 6.07) is 4.54. The van der Waals surface area contributed by atoms with Gasteiger partial charge in [0.2, 0.25) is 0 Å². The van der Waals surface area contributed by atoms with Crippen LogP contribution in [0.2, 0.25) is 0 Å². The van der Waals surface area contributed by atoms with Crippen molar-refractivity contribution in [2.45, 2.75) is 30.7 Å². The van der Waals surface area contributed by atoms with E-state index in [9.17, 15) is 25.2 Å². The molecule has 0 aliphatic carbocycles. The number of rotatable bonds is 6. The quantitative estimate of drug-likeness (QED) is 0.383. The Bertz CT molecular complexity index is 643. The largest absolute Gasteiger partial charge is 0.504 e. The monoisotopic (exact) mass is 370 g/mol. The number of phenolic OH excluding ortho intramolecular Hbond substituents is 1. The maximum atomic E-state index is 11.8. The molecule has 1 fully saturated rings. The summed E-state index contributed by atoms with van der Waals surface area (Å²) < 4.78 is 20.1. The van der Waals surface area contributed by atoms with Crippen molar-refractivity contribution in [3.63, 3.8) is 0 Å². The number of esters is 1. The van der Waals surface area contributed by atoms with Crippen molar-refractivity contribution in [2.24, 2.45) is 0 Å². The number of methoxy groups -OCH3 is 2. The first-order valence-electron chi connectivity index (χ1n) is 7.81. The molecule has 1 aliphatic rings. The number of aliphatic hydroxyl groups is 3. The zero-order chi connectivity index (χ0) is 19.3. The van der Waals surface area contributed by atoms with E-state index < -0.39 is 36.7 Å². The van der Waals surface area contributed by atoms with Crippen molar-refractivity contribution in [1.82, 2.24) is 0 Å². The molecule has 0 saturated carbocycles. The van der Waals surface area contributed by atoms with Gasteiger partial charge in [-0.1, -0.05) is 6.07 Å². The molecule has 2 rings (SSSR count).